The van der Waals surface area contributed by atoms with E-state index in [-0.39, 0.29) is 23.3 Å². The van der Waals surface area contributed by atoms with E-state index >= 15 is 0 Å². The molecule has 5 heterocycles. The Hall–Kier alpha value is -1.97. The monoisotopic (exact) mass is 561 g/mol. The minimum absolute atomic E-state index is 0.0958. The zero-order valence-corrected chi connectivity index (χ0v) is 23.5. The van der Waals surface area contributed by atoms with Crippen molar-refractivity contribution >= 4 is 29.5 Å². The molecule has 2 aromatic rings. The van der Waals surface area contributed by atoms with Gasteiger partial charge in [0.1, 0.15) is 36.2 Å². The summed E-state index contributed by atoms with van der Waals surface area (Å²) in [4.78, 5) is 4.03. The second-order valence-corrected chi connectivity index (χ2v) is 15.6. The van der Waals surface area contributed by atoms with Crippen molar-refractivity contribution in [3.8, 4) is 6.07 Å². The molecule has 4 fully saturated rings. The number of nitrogens with zero attached hydrogens (tertiary/aromatic N) is 4. The van der Waals surface area contributed by atoms with Crippen LogP contribution in [-0.4, -0.2) is 56.2 Å². The van der Waals surface area contributed by atoms with Crippen LogP contribution in [0.4, 0.5) is 5.82 Å². The van der Waals surface area contributed by atoms with Crippen molar-refractivity contribution in [2.24, 2.45) is 5.92 Å². The standard InChI is InChI=1S/C25H32N5O6PS/c1-14(2)15-8-9-24(5)19(10-15)36-37(31,38-24)32-11-17-20-21(35-23(3,4)34-20)25(12-26,33-17)18-7-6-16-22(27)28-13-29-30(16)18/h6-7,13,15,17,19-21H,1,8-11H2,2-5H3,(H2,27,28,29)/t15-,17+,19+,20+,21+,24+,25-,37-/m0/s1. The molecular formula is C25H32N5O6PS. The SMILES string of the molecule is C=C(C)[C@H]1CC[C@@]2(C)S[P@@](=O)(OC[C@H]3O[C@@](C#N)(c4ccc5c(N)ncnn45)[C@@H]4OC(C)(C)O[C@@H]43)O[C@@H]2C1. The summed E-state index contributed by atoms with van der Waals surface area (Å²) in [5, 5.41) is 14.8. The third-order valence-corrected chi connectivity index (χ3v) is 12.7. The maximum absolute atomic E-state index is 13.8. The van der Waals surface area contributed by atoms with Crippen molar-refractivity contribution in [1.82, 2.24) is 14.6 Å². The first-order valence-corrected chi connectivity index (χ1v) is 15.7. The van der Waals surface area contributed by atoms with E-state index in [2.05, 4.69) is 29.7 Å². The molecule has 3 saturated heterocycles. The number of aromatic nitrogens is 3. The highest BCUT2D eigenvalue weighted by atomic mass is 32.7. The number of nitriles is 1. The highest BCUT2D eigenvalue weighted by Gasteiger charge is 2.66. The van der Waals surface area contributed by atoms with Crippen molar-refractivity contribution in [3.05, 3.63) is 36.3 Å². The molecule has 0 aromatic carbocycles. The highest BCUT2D eigenvalue weighted by Crippen LogP contribution is 2.75. The van der Waals surface area contributed by atoms with Gasteiger partial charge in [-0.3, -0.25) is 9.05 Å². The van der Waals surface area contributed by atoms with Gasteiger partial charge < -0.3 is 19.9 Å². The van der Waals surface area contributed by atoms with Crippen LogP contribution in [0, 0.1) is 17.2 Å². The number of ether oxygens (including phenoxy) is 3. The fourth-order valence-corrected chi connectivity index (χ4v) is 11.2. The van der Waals surface area contributed by atoms with Gasteiger partial charge >= 0.3 is 6.80 Å². The minimum Gasteiger partial charge on any atom is -0.382 e. The molecule has 0 amide bonds. The smallest absolute Gasteiger partial charge is 0.382 e. The third-order valence-electron chi connectivity index (χ3n) is 8.10. The fraction of sp³-hybridized carbons (Fsp3) is 0.640. The zero-order chi connectivity index (χ0) is 27.1. The number of nitrogens with two attached hydrogens (primary N) is 1. The van der Waals surface area contributed by atoms with Gasteiger partial charge in [-0.15, -0.1) is 0 Å². The quantitative estimate of drug-likeness (QED) is 0.411. The summed E-state index contributed by atoms with van der Waals surface area (Å²) in [5.74, 6) is -0.352. The third kappa shape index (κ3) is 4.03. The molecule has 38 heavy (non-hydrogen) atoms. The highest BCUT2D eigenvalue weighted by molar-refractivity contribution is 8.56. The topological polar surface area (TPSA) is 143 Å². The Morgan fingerprint density at radius 2 is 2.16 bits per heavy atom. The Bertz CT molecular complexity index is 1390. The largest absolute Gasteiger partial charge is 0.390 e. The van der Waals surface area contributed by atoms with Gasteiger partial charge in [0.15, 0.2) is 11.6 Å². The normalized spacial score (nSPS) is 41.6. The lowest BCUT2D eigenvalue weighted by Gasteiger charge is -2.36. The van der Waals surface area contributed by atoms with Gasteiger partial charge in [0.25, 0.3) is 0 Å². The minimum atomic E-state index is -3.49. The van der Waals surface area contributed by atoms with Crippen molar-refractivity contribution in [3.63, 3.8) is 0 Å². The van der Waals surface area contributed by atoms with E-state index in [1.807, 2.05) is 6.92 Å². The molecule has 0 spiro atoms. The maximum atomic E-state index is 13.8. The fourth-order valence-electron chi connectivity index (χ4n) is 6.07. The average Bonchev–Trinajstić information content (AvgIpc) is 3.56. The van der Waals surface area contributed by atoms with Crippen LogP contribution in [0.2, 0.25) is 0 Å². The Morgan fingerprint density at radius 3 is 2.89 bits per heavy atom. The average molecular weight is 562 g/mol. The summed E-state index contributed by atoms with van der Waals surface area (Å²) in [5.41, 5.74) is 6.54. The molecule has 4 aliphatic rings. The number of hydrogen-bond donors (Lipinski definition) is 1. The molecule has 2 aromatic heterocycles. The predicted molar refractivity (Wildman–Crippen MR) is 140 cm³/mol. The summed E-state index contributed by atoms with van der Waals surface area (Å²) in [6.45, 7) is 8.20. The number of rotatable bonds is 5. The van der Waals surface area contributed by atoms with E-state index in [0.717, 1.165) is 24.8 Å². The zero-order valence-electron chi connectivity index (χ0n) is 21.8. The molecule has 1 saturated carbocycles. The van der Waals surface area contributed by atoms with E-state index in [1.165, 1.54) is 22.2 Å². The lowest BCUT2D eigenvalue weighted by Crippen LogP contribution is -2.40. The van der Waals surface area contributed by atoms with Gasteiger partial charge in [0, 0.05) is 0 Å². The molecule has 3 aliphatic heterocycles. The molecular weight excluding hydrogens is 529 g/mol. The first kappa shape index (κ1) is 26.3. The van der Waals surface area contributed by atoms with Crippen molar-refractivity contribution in [2.75, 3.05) is 12.3 Å². The van der Waals surface area contributed by atoms with E-state index in [0.29, 0.717) is 17.1 Å². The van der Waals surface area contributed by atoms with E-state index < -0.39 is 36.5 Å². The summed E-state index contributed by atoms with van der Waals surface area (Å²) < 4.78 is 45.9. The Balaban J connectivity index is 1.27. The Morgan fingerprint density at radius 1 is 1.37 bits per heavy atom. The maximum Gasteiger partial charge on any atom is 0.390 e. The summed E-state index contributed by atoms with van der Waals surface area (Å²) in [6, 6.07) is 5.76. The predicted octanol–water partition coefficient (Wildman–Crippen LogP) is 4.34. The van der Waals surface area contributed by atoms with Gasteiger partial charge in [0.05, 0.1) is 23.2 Å². The van der Waals surface area contributed by atoms with E-state index in [9.17, 15) is 9.83 Å². The van der Waals surface area contributed by atoms with Crippen LogP contribution in [0.3, 0.4) is 0 Å². The van der Waals surface area contributed by atoms with Crippen LogP contribution in [0.5, 0.6) is 0 Å². The summed E-state index contributed by atoms with van der Waals surface area (Å²) in [7, 11) is 0. The lowest BCUT2D eigenvalue weighted by molar-refractivity contribution is -0.204. The summed E-state index contributed by atoms with van der Waals surface area (Å²) >= 11 is 1.28. The van der Waals surface area contributed by atoms with Gasteiger partial charge in [0.2, 0.25) is 5.60 Å². The van der Waals surface area contributed by atoms with Crippen LogP contribution >= 0.6 is 18.2 Å². The lowest BCUT2D eigenvalue weighted by atomic mass is 9.77. The molecule has 8 atom stereocenters. The van der Waals surface area contributed by atoms with Crippen LogP contribution in [0.15, 0.2) is 30.6 Å². The molecule has 1 aliphatic carbocycles. The van der Waals surface area contributed by atoms with Crippen molar-refractivity contribution in [2.45, 2.75) is 87.5 Å². The van der Waals surface area contributed by atoms with E-state index in [1.54, 1.807) is 26.0 Å². The van der Waals surface area contributed by atoms with Crippen LogP contribution in [0.25, 0.3) is 5.52 Å². The van der Waals surface area contributed by atoms with Crippen LogP contribution in [-0.2, 0) is 33.4 Å². The molecule has 0 unspecified atom stereocenters. The van der Waals surface area contributed by atoms with Crippen LogP contribution in [0.1, 0.15) is 52.7 Å². The number of nitrogen functional groups attached to an aromatic ring is 1. The van der Waals surface area contributed by atoms with Crippen LogP contribution < -0.4 is 5.73 Å². The number of hydrogen-bond acceptors (Lipinski definition) is 11. The van der Waals surface area contributed by atoms with E-state index in [4.69, 9.17) is 29.0 Å². The van der Waals surface area contributed by atoms with Crippen molar-refractivity contribution < 1.29 is 27.8 Å². The molecule has 13 heteroatoms. The Kier molecular flexibility index (Phi) is 6.06. The molecule has 0 bridgehead atoms. The number of fused-ring (bicyclic) bond motifs is 3. The number of allylic oxidation sites excluding steroid dienone is 1. The van der Waals surface area contributed by atoms with Crippen molar-refractivity contribution in [1.29, 1.82) is 5.26 Å². The molecule has 11 nitrogen and oxygen atoms in total. The second kappa shape index (κ2) is 8.77. The van der Waals surface area contributed by atoms with Gasteiger partial charge in [-0.2, -0.15) is 10.4 Å². The molecule has 2 N–H and O–H groups in total. The summed E-state index contributed by atoms with van der Waals surface area (Å²) in [6.07, 6.45) is 1.56. The second-order valence-electron chi connectivity index (χ2n) is 11.2. The van der Waals surface area contributed by atoms with Gasteiger partial charge in [-0.25, -0.2) is 14.1 Å². The first-order valence-electron chi connectivity index (χ1n) is 12.7. The molecule has 0 radical (unpaired) electrons. The number of anilines is 1. The molecule has 6 rings (SSSR count). The first-order chi connectivity index (χ1) is 17.9. The van der Waals surface area contributed by atoms with Gasteiger partial charge in [-0.05, 0) is 76.4 Å². The van der Waals surface area contributed by atoms with Gasteiger partial charge in [-0.1, -0.05) is 12.2 Å². The molecule has 204 valence electrons. The Labute approximate surface area is 225 Å².